The molecule has 1 aliphatic rings. The van der Waals surface area contributed by atoms with Gasteiger partial charge in [-0.2, -0.15) is 10.2 Å². The van der Waals surface area contributed by atoms with Crippen LogP contribution >= 0.6 is 0 Å². The van der Waals surface area contributed by atoms with Crippen LogP contribution in [0.15, 0.2) is 34.5 Å². The molecular formula is C14H15N5O4. The van der Waals surface area contributed by atoms with Crippen molar-refractivity contribution in [2.45, 2.75) is 20.3 Å². The van der Waals surface area contributed by atoms with Crippen LogP contribution in [0.4, 0.5) is 5.69 Å². The Morgan fingerprint density at radius 3 is 2.87 bits per heavy atom. The van der Waals surface area contributed by atoms with E-state index in [2.05, 4.69) is 21.1 Å². The zero-order chi connectivity index (χ0) is 17.0. The third-order valence-corrected chi connectivity index (χ3v) is 3.38. The van der Waals surface area contributed by atoms with Crippen LogP contribution < -0.4 is 10.9 Å². The predicted octanol–water partition coefficient (Wildman–Crippen LogP) is 0.947. The second kappa shape index (κ2) is 6.77. The molecule has 0 saturated carbocycles. The van der Waals surface area contributed by atoms with Gasteiger partial charge in [0, 0.05) is 29.8 Å². The second-order valence-corrected chi connectivity index (χ2v) is 5.03. The number of hydrogen-bond donors (Lipinski definition) is 2. The number of hydrazone groups is 2. The summed E-state index contributed by atoms with van der Waals surface area (Å²) in [5, 5.41) is 18.4. The van der Waals surface area contributed by atoms with Gasteiger partial charge in [-0.25, -0.2) is 10.9 Å². The summed E-state index contributed by atoms with van der Waals surface area (Å²) in [6.07, 6.45) is -0.0626. The molecule has 0 unspecified atom stereocenters. The van der Waals surface area contributed by atoms with Gasteiger partial charge in [0.25, 0.3) is 5.69 Å². The van der Waals surface area contributed by atoms with Gasteiger partial charge in [-0.3, -0.25) is 19.7 Å². The molecule has 120 valence electrons. The minimum atomic E-state index is -0.594. The van der Waals surface area contributed by atoms with Crippen molar-refractivity contribution in [1.29, 1.82) is 0 Å². The molecule has 23 heavy (non-hydrogen) atoms. The fourth-order valence-corrected chi connectivity index (χ4v) is 2.02. The fraction of sp³-hybridized carbons (Fsp3) is 0.286. The third kappa shape index (κ3) is 3.96. The van der Waals surface area contributed by atoms with E-state index in [1.807, 2.05) is 0 Å². The Hall–Kier alpha value is -3.10. The first-order valence-corrected chi connectivity index (χ1v) is 6.80. The van der Waals surface area contributed by atoms with Crippen molar-refractivity contribution in [3.63, 3.8) is 0 Å². The lowest BCUT2D eigenvalue weighted by Gasteiger charge is -2.07. The highest BCUT2D eigenvalue weighted by Crippen LogP contribution is 2.14. The quantitative estimate of drug-likeness (QED) is 0.476. The molecule has 0 aliphatic carbocycles. The number of nitrogens with one attached hydrogen (secondary N) is 2. The number of carbonyl (C=O) groups is 2. The SMILES string of the molecule is CC1=NNC(=O)[C@@H]1CC(=O)N/N=C(\C)c1cccc([N+](=O)[O-])c1. The van der Waals surface area contributed by atoms with E-state index in [0.717, 1.165) is 0 Å². The third-order valence-electron chi connectivity index (χ3n) is 3.38. The Labute approximate surface area is 131 Å². The maximum absolute atomic E-state index is 11.8. The first-order chi connectivity index (χ1) is 10.9. The predicted molar refractivity (Wildman–Crippen MR) is 82.8 cm³/mol. The number of non-ortho nitro benzene ring substituents is 1. The summed E-state index contributed by atoms with van der Waals surface area (Å²) in [7, 11) is 0. The summed E-state index contributed by atoms with van der Waals surface area (Å²) >= 11 is 0. The maximum atomic E-state index is 11.8. The Bertz CT molecular complexity index is 726. The van der Waals surface area contributed by atoms with Crippen LogP contribution in [0.2, 0.25) is 0 Å². The zero-order valence-corrected chi connectivity index (χ0v) is 12.6. The van der Waals surface area contributed by atoms with Crippen LogP contribution in [0.5, 0.6) is 0 Å². The summed E-state index contributed by atoms with van der Waals surface area (Å²) in [5.41, 5.74) is 6.08. The summed E-state index contributed by atoms with van der Waals surface area (Å²) in [5.74, 6) is -1.35. The van der Waals surface area contributed by atoms with Gasteiger partial charge in [0.15, 0.2) is 0 Å². The highest BCUT2D eigenvalue weighted by atomic mass is 16.6. The minimum Gasteiger partial charge on any atom is -0.273 e. The zero-order valence-electron chi connectivity index (χ0n) is 12.6. The number of nitro benzene ring substituents is 1. The van der Waals surface area contributed by atoms with Gasteiger partial charge in [0.2, 0.25) is 11.8 Å². The van der Waals surface area contributed by atoms with Crippen molar-refractivity contribution in [3.8, 4) is 0 Å². The summed E-state index contributed by atoms with van der Waals surface area (Å²) in [4.78, 5) is 33.6. The Balaban J connectivity index is 2.00. The van der Waals surface area contributed by atoms with Gasteiger partial charge in [-0.05, 0) is 13.8 Å². The highest BCUT2D eigenvalue weighted by molar-refractivity contribution is 6.09. The van der Waals surface area contributed by atoms with Gasteiger partial charge in [0.1, 0.15) is 0 Å². The monoisotopic (exact) mass is 317 g/mol. The second-order valence-electron chi connectivity index (χ2n) is 5.03. The first-order valence-electron chi connectivity index (χ1n) is 6.80. The van der Waals surface area contributed by atoms with Gasteiger partial charge in [0.05, 0.1) is 16.6 Å². The molecule has 0 fully saturated rings. The molecule has 1 aliphatic heterocycles. The largest absolute Gasteiger partial charge is 0.273 e. The normalized spacial score (nSPS) is 17.5. The fourth-order valence-electron chi connectivity index (χ4n) is 2.02. The van der Waals surface area contributed by atoms with E-state index in [-0.39, 0.29) is 18.0 Å². The number of benzene rings is 1. The van der Waals surface area contributed by atoms with Crippen molar-refractivity contribution < 1.29 is 14.5 Å². The number of rotatable bonds is 5. The van der Waals surface area contributed by atoms with Crippen molar-refractivity contribution in [2.24, 2.45) is 16.1 Å². The lowest BCUT2D eigenvalue weighted by molar-refractivity contribution is -0.384. The van der Waals surface area contributed by atoms with Gasteiger partial charge < -0.3 is 0 Å². The number of carbonyl (C=O) groups excluding carboxylic acids is 2. The topological polar surface area (TPSA) is 126 Å². The summed E-state index contributed by atoms with van der Waals surface area (Å²) < 4.78 is 0. The summed E-state index contributed by atoms with van der Waals surface area (Å²) in [6, 6.07) is 5.93. The summed E-state index contributed by atoms with van der Waals surface area (Å²) in [6.45, 7) is 3.28. The van der Waals surface area contributed by atoms with Gasteiger partial charge in [-0.1, -0.05) is 12.1 Å². The van der Waals surface area contributed by atoms with Crippen molar-refractivity contribution >= 4 is 28.9 Å². The molecule has 2 amide bonds. The molecule has 1 aromatic rings. The Morgan fingerprint density at radius 1 is 1.52 bits per heavy atom. The standard InChI is InChI=1S/C14H15N5O4/c1-8(10-4-3-5-11(6-10)19(22)23)15-17-13(20)7-12-9(2)16-18-14(12)21/h3-6,12H,7H2,1-2H3,(H,17,20)(H,18,21)/b15-8+/t12-/m1/s1. The number of nitrogens with zero attached hydrogens (tertiary/aromatic N) is 3. The maximum Gasteiger partial charge on any atom is 0.270 e. The average Bonchev–Trinajstić information content (AvgIpc) is 2.84. The number of amides is 2. The Kier molecular flexibility index (Phi) is 4.79. The lowest BCUT2D eigenvalue weighted by Crippen LogP contribution is -2.29. The molecule has 2 N–H and O–H groups in total. The van der Waals surface area contributed by atoms with E-state index in [1.165, 1.54) is 18.2 Å². The van der Waals surface area contributed by atoms with E-state index in [4.69, 9.17) is 0 Å². The average molecular weight is 317 g/mol. The molecule has 0 bridgehead atoms. The van der Waals surface area contributed by atoms with Crippen LogP contribution in [0.25, 0.3) is 0 Å². The molecule has 0 spiro atoms. The molecule has 0 aromatic heterocycles. The van der Waals surface area contributed by atoms with E-state index in [1.54, 1.807) is 19.9 Å². The molecular weight excluding hydrogens is 302 g/mol. The van der Waals surface area contributed by atoms with Crippen LogP contribution in [0, 0.1) is 16.0 Å². The van der Waals surface area contributed by atoms with Gasteiger partial charge >= 0.3 is 0 Å². The van der Waals surface area contributed by atoms with Gasteiger partial charge in [-0.15, -0.1) is 0 Å². The molecule has 1 aromatic carbocycles. The molecule has 9 heteroatoms. The highest BCUT2D eigenvalue weighted by Gasteiger charge is 2.29. The number of nitro groups is 1. The van der Waals surface area contributed by atoms with Crippen LogP contribution in [0.3, 0.4) is 0 Å². The minimum absolute atomic E-state index is 0.0576. The van der Waals surface area contributed by atoms with E-state index < -0.39 is 16.7 Å². The molecule has 1 heterocycles. The lowest BCUT2D eigenvalue weighted by atomic mass is 10.0. The Morgan fingerprint density at radius 2 is 2.26 bits per heavy atom. The van der Waals surface area contributed by atoms with E-state index >= 15 is 0 Å². The van der Waals surface area contributed by atoms with E-state index in [9.17, 15) is 19.7 Å². The molecule has 9 nitrogen and oxygen atoms in total. The smallest absolute Gasteiger partial charge is 0.270 e. The van der Waals surface area contributed by atoms with Crippen LogP contribution in [-0.2, 0) is 9.59 Å². The van der Waals surface area contributed by atoms with Crippen molar-refractivity contribution in [2.75, 3.05) is 0 Å². The van der Waals surface area contributed by atoms with Crippen molar-refractivity contribution in [1.82, 2.24) is 10.9 Å². The number of hydrogen-bond acceptors (Lipinski definition) is 6. The van der Waals surface area contributed by atoms with Crippen molar-refractivity contribution in [3.05, 3.63) is 39.9 Å². The van der Waals surface area contributed by atoms with Crippen LogP contribution in [-0.4, -0.2) is 28.2 Å². The molecule has 1 atom stereocenters. The van der Waals surface area contributed by atoms with E-state index in [0.29, 0.717) is 17.0 Å². The first kappa shape index (κ1) is 16.3. The molecule has 0 radical (unpaired) electrons. The van der Waals surface area contributed by atoms with Crippen LogP contribution in [0.1, 0.15) is 25.8 Å². The molecule has 2 rings (SSSR count). The molecule has 0 saturated heterocycles.